The van der Waals surface area contributed by atoms with Gasteiger partial charge >= 0.3 is 0 Å². The number of amides is 1. The second-order valence-corrected chi connectivity index (χ2v) is 8.01. The highest BCUT2D eigenvalue weighted by Gasteiger charge is 2.39. The quantitative estimate of drug-likeness (QED) is 0.670. The number of halogens is 2. The van der Waals surface area contributed by atoms with Crippen LogP contribution in [0.4, 0.5) is 0 Å². The Morgan fingerprint density at radius 3 is 2.50 bits per heavy atom. The Morgan fingerprint density at radius 2 is 1.96 bits per heavy atom. The Balaban J connectivity index is 0.00000169. The van der Waals surface area contributed by atoms with Crippen molar-refractivity contribution < 1.29 is 4.79 Å². The van der Waals surface area contributed by atoms with E-state index in [9.17, 15) is 4.79 Å². The third kappa shape index (κ3) is 4.89. The fourth-order valence-corrected chi connectivity index (χ4v) is 4.49. The lowest BCUT2D eigenvalue weighted by Crippen LogP contribution is -2.49. The van der Waals surface area contributed by atoms with Crippen molar-refractivity contribution in [2.45, 2.75) is 52.0 Å². The topological polar surface area (TPSA) is 68.0 Å². The molecule has 7 heteroatoms. The SMILES string of the molecule is CCC(CC)(Cc1nc2ccccc2s1)C(=O)NC(CN)C1CC1.Cl.Cl. The van der Waals surface area contributed by atoms with Gasteiger partial charge in [-0.25, -0.2) is 4.98 Å². The molecule has 0 spiro atoms. The van der Waals surface area contributed by atoms with Gasteiger partial charge in [-0.15, -0.1) is 36.2 Å². The number of fused-ring (bicyclic) bond motifs is 1. The van der Waals surface area contributed by atoms with Gasteiger partial charge < -0.3 is 11.1 Å². The van der Waals surface area contributed by atoms with E-state index >= 15 is 0 Å². The van der Waals surface area contributed by atoms with E-state index in [4.69, 9.17) is 10.7 Å². The number of aromatic nitrogens is 1. The van der Waals surface area contributed by atoms with Crippen LogP contribution in [0.1, 0.15) is 44.5 Å². The molecule has 0 aliphatic heterocycles. The van der Waals surface area contributed by atoms with Crippen LogP contribution >= 0.6 is 36.2 Å². The number of para-hydroxylation sites is 1. The first-order valence-electron chi connectivity index (χ1n) is 8.97. The Kier molecular flexibility index (Phi) is 8.80. The van der Waals surface area contributed by atoms with Crippen LogP contribution in [0.25, 0.3) is 10.2 Å². The van der Waals surface area contributed by atoms with Crippen molar-refractivity contribution in [2.75, 3.05) is 6.54 Å². The Labute approximate surface area is 172 Å². The number of carbonyl (C=O) groups excluding carboxylic acids is 1. The van der Waals surface area contributed by atoms with Crippen molar-refractivity contribution >= 4 is 52.3 Å². The maximum Gasteiger partial charge on any atom is 0.226 e. The molecular formula is C19H29Cl2N3OS. The molecule has 1 unspecified atom stereocenters. The number of nitrogens with two attached hydrogens (primary N) is 1. The first-order valence-corrected chi connectivity index (χ1v) is 9.79. The number of rotatable bonds is 8. The fraction of sp³-hybridized carbons (Fsp3) is 0.579. The Morgan fingerprint density at radius 1 is 1.31 bits per heavy atom. The highest BCUT2D eigenvalue weighted by atomic mass is 35.5. The van der Waals surface area contributed by atoms with Crippen LogP contribution in [-0.2, 0) is 11.2 Å². The Hall–Kier alpha value is -0.880. The van der Waals surface area contributed by atoms with Crippen molar-refractivity contribution in [1.29, 1.82) is 0 Å². The molecule has 1 aromatic carbocycles. The first-order chi connectivity index (χ1) is 11.6. The average Bonchev–Trinajstić information content (AvgIpc) is 3.36. The van der Waals surface area contributed by atoms with Crippen molar-refractivity contribution in [3.05, 3.63) is 29.3 Å². The molecule has 1 atom stereocenters. The Bertz CT molecular complexity index is 681. The maximum absolute atomic E-state index is 13.1. The van der Waals surface area contributed by atoms with Crippen LogP contribution in [-0.4, -0.2) is 23.5 Å². The van der Waals surface area contributed by atoms with Crippen molar-refractivity contribution in [3.8, 4) is 0 Å². The zero-order valence-electron chi connectivity index (χ0n) is 15.4. The molecule has 3 rings (SSSR count). The molecular weight excluding hydrogens is 389 g/mol. The zero-order valence-corrected chi connectivity index (χ0v) is 17.8. The summed E-state index contributed by atoms with van der Waals surface area (Å²) >= 11 is 1.70. The van der Waals surface area contributed by atoms with Gasteiger partial charge in [0.1, 0.15) is 0 Å². The third-order valence-corrected chi connectivity index (χ3v) is 6.46. The summed E-state index contributed by atoms with van der Waals surface area (Å²) in [5.74, 6) is 0.724. The normalized spacial score (nSPS) is 15.0. The van der Waals surface area contributed by atoms with Gasteiger partial charge in [0.2, 0.25) is 5.91 Å². The highest BCUT2D eigenvalue weighted by molar-refractivity contribution is 7.18. The molecule has 2 aromatic rings. The second kappa shape index (κ2) is 9.88. The van der Waals surface area contributed by atoms with E-state index in [1.54, 1.807) is 11.3 Å². The molecule has 1 amide bonds. The van der Waals surface area contributed by atoms with Gasteiger partial charge in [-0.2, -0.15) is 0 Å². The van der Waals surface area contributed by atoms with Gasteiger partial charge in [-0.3, -0.25) is 4.79 Å². The molecule has 1 saturated carbocycles. The molecule has 1 heterocycles. The van der Waals surface area contributed by atoms with Gasteiger partial charge in [-0.05, 0) is 43.7 Å². The molecule has 26 heavy (non-hydrogen) atoms. The van der Waals surface area contributed by atoms with E-state index in [2.05, 4.69) is 25.2 Å². The molecule has 1 aliphatic rings. The smallest absolute Gasteiger partial charge is 0.226 e. The molecule has 0 saturated heterocycles. The fourth-order valence-electron chi connectivity index (χ4n) is 3.38. The van der Waals surface area contributed by atoms with Crippen LogP contribution in [0.5, 0.6) is 0 Å². The van der Waals surface area contributed by atoms with Crippen molar-refractivity contribution in [3.63, 3.8) is 0 Å². The first kappa shape index (κ1) is 23.2. The summed E-state index contributed by atoms with van der Waals surface area (Å²) in [6.45, 7) is 4.73. The number of carbonyl (C=O) groups is 1. The number of thiazole rings is 1. The standard InChI is InChI=1S/C19H27N3OS.2ClH/c1-3-19(4-2,18(23)22-15(12-20)13-9-10-13)11-17-21-14-7-5-6-8-16(14)24-17;;/h5-8,13,15H,3-4,9-12,20H2,1-2H3,(H,22,23);2*1H. The molecule has 1 fully saturated rings. The van der Waals surface area contributed by atoms with Crippen LogP contribution in [0.3, 0.4) is 0 Å². The van der Waals surface area contributed by atoms with Gasteiger partial charge in [-0.1, -0.05) is 26.0 Å². The highest BCUT2D eigenvalue weighted by Crippen LogP contribution is 2.36. The van der Waals surface area contributed by atoms with E-state index < -0.39 is 5.41 Å². The summed E-state index contributed by atoms with van der Waals surface area (Å²) in [7, 11) is 0. The van der Waals surface area contributed by atoms with Crippen molar-refractivity contribution in [2.24, 2.45) is 17.1 Å². The minimum atomic E-state index is -0.393. The number of hydrogen-bond acceptors (Lipinski definition) is 4. The molecule has 1 aromatic heterocycles. The predicted molar refractivity (Wildman–Crippen MR) is 115 cm³/mol. The van der Waals surface area contributed by atoms with Gasteiger partial charge in [0, 0.05) is 19.0 Å². The van der Waals surface area contributed by atoms with Gasteiger partial charge in [0.05, 0.1) is 20.6 Å². The summed E-state index contributed by atoms with van der Waals surface area (Å²) in [5.41, 5.74) is 6.50. The summed E-state index contributed by atoms with van der Waals surface area (Å²) in [6, 6.07) is 8.30. The van der Waals surface area contributed by atoms with Crippen LogP contribution < -0.4 is 11.1 Å². The summed E-state index contributed by atoms with van der Waals surface area (Å²) in [5, 5.41) is 4.29. The average molecular weight is 418 g/mol. The maximum atomic E-state index is 13.1. The molecule has 1 aliphatic carbocycles. The zero-order chi connectivity index (χ0) is 17.2. The minimum absolute atomic E-state index is 0. The molecule has 0 radical (unpaired) electrons. The molecule has 3 N–H and O–H groups in total. The van der Waals surface area contributed by atoms with E-state index in [-0.39, 0.29) is 36.8 Å². The van der Waals surface area contributed by atoms with E-state index in [0.29, 0.717) is 18.9 Å². The largest absolute Gasteiger partial charge is 0.351 e. The molecule has 146 valence electrons. The number of hydrogen-bond donors (Lipinski definition) is 2. The monoisotopic (exact) mass is 417 g/mol. The van der Waals surface area contributed by atoms with Crippen LogP contribution in [0.2, 0.25) is 0 Å². The number of benzene rings is 1. The number of nitrogens with zero attached hydrogens (tertiary/aromatic N) is 1. The molecule has 4 nitrogen and oxygen atoms in total. The summed E-state index contributed by atoms with van der Waals surface area (Å²) in [4.78, 5) is 17.8. The van der Waals surface area contributed by atoms with E-state index in [1.807, 2.05) is 18.2 Å². The van der Waals surface area contributed by atoms with Gasteiger partial charge in [0.25, 0.3) is 0 Å². The van der Waals surface area contributed by atoms with Crippen molar-refractivity contribution in [1.82, 2.24) is 10.3 Å². The lowest BCUT2D eigenvalue weighted by atomic mass is 9.78. The van der Waals surface area contributed by atoms with E-state index in [1.165, 1.54) is 17.5 Å². The van der Waals surface area contributed by atoms with Gasteiger partial charge in [0.15, 0.2) is 0 Å². The lowest BCUT2D eigenvalue weighted by Gasteiger charge is -2.31. The van der Waals surface area contributed by atoms with E-state index in [0.717, 1.165) is 23.4 Å². The second-order valence-electron chi connectivity index (χ2n) is 6.89. The minimum Gasteiger partial charge on any atom is -0.351 e. The van der Waals surface area contributed by atoms with Crippen LogP contribution in [0, 0.1) is 11.3 Å². The summed E-state index contributed by atoms with van der Waals surface area (Å²) in [6.07, 6.45) is 4.70. The number of nitrogens with one attached hydrogen (secondary N) is 1. The third-order valence-electron chi connectivity index (χ3n) is 5.42. The summed E-state index contributed by atoms with van der Waals surface area (Å²) < 4.78 is 1.19. The lowest BCUT2D eigenvalue weighted by molar-refractivity contribution is -0.132. The predicted octanol–water partition coefficient (Wildman–Crippen LogP) is 4.34. The van der Waals surface area contributed by atoms with Crippen LogP contribution in [0.15, 0.2) is 24.3 Å². The molecule has 0 bridgehead atoms.